The zero-order valence-electron chi connectivity index (χ0n) is 12.5. The Bertz CT molecular complexity index is 837. The molecule has 1 aliphatic rings. The average Bonchev–Trinajstić information content (AvgIpc) is 3.27. The highest BCUT2D eigenvalue weighted by atomic mass is 32.1. The molecule has 1 aliphatic heterocycles. The van der Waals surface area contributed by atoms with Gasteiger partial charge in [-0.05, 0) is 42.6 Å². The molecule has 23 heavy (non-hydrogen) atoms. The van der Waals surface area contributed by atoms with Gasteiger partial charge < -0.3 is 10.1 Å². The maximum Gasteiger partial charge on any atom is 0.270 e. The number of aromatic nitrogens is 2. The largest absolute Gasteiger partial charge is 0.494 e. The molecular formula is C17H15N3O2S. The van der Waals surface area contributed by atoms with Gasteiger partial charge in [0, 0.05) is 16.0 Å². The van der Waals surface area contributed by atoms with E-state index in [0.717, 1.165) is 27.4 Å². The summed E-state index contributed by atoms with van der Waals surface area (Å²) in [4.78, 5) is 13.3. The Morgan fingerprint density at radius 1 is 1.26 bits per heavy atom. The monoisotopic (exact) mass is 325 g/mol. The first-order valence-electron chi connectivity index (χ1n) is 7.43. The number of hydrogen-bond acceptors (Lipinski definition) is 4. The van der Waals surface area contributed by atoms with Crippen LogP contribution in [0.4, 0.5) is 0 Å². The van der Waals surface area contributed by atoms with Crippen LogP contribution in [0.15, 0.2) is 41.8 Å². The Hall–Kier alpha value is -2.60. The third-order valence-corrected chi connectivity index (χ3v) is 4.80. The van der Waals surface area contributed by atoms with Crippen molar-refractivity contribution in [3.63, 3.8) is 0 Å². The predicted molar refractivity (Wildman–Crippen MR) is 88.8 cm³/mol. The first-order valence-corrected chi connectivity index (χ1v) is 8.31. The summed E-state index contributed by atoms with van der Waals surface area (Å²) in [5, 5.41) is 12.3. The van der Waals surface area contributed by atoms with Gasteiger partial charge >= 0.3 is 0 Å². The van der Waals surface area contributed by atoms with Crippen molar-refractivity contribution in [2.75, 3.05) is 6.61 Å². The molecule has 0 bridgehead atoms. The number of hydrogen-bond donors (Lipinski definition) is 2. The van der Waals surface area contributed by atoms with E-state index in [9.17, 15) is 4.79 Å². The number of amides is 1. The number of H-pyrrole nitrogens is 1. The fourth-order valence-electron chi connectivity index (χ4n) is 2.84. The van der Waals surface area contributed by atoms with Crippen molar-refractivity contribution in [3.8, 4) is 17.0 Å². The molecule has 2 N–H and O–H groups in total. The van der Waals surface area contributed by atoms with Gasteiger partial charge in [-0.25, -0.2) is 0 Å². The highest BCUT2D eigenvalue weighted by molar-refractivity contribution is 7.10. The van der Waals surface area contributed by atoms with Crippen molar-refractivity contribution in [2.45, 2.75) is 13.0 Å². The number of ether oxygens (including phenoxy) is 1. The molecule has 0 spiro atoms. The number of carbonyl (C=O) groups excluding carboxylic acids is 1. The molecule has 0 aliphatic carbocycles. The van der Waals surface area contributed by atoms with E-state index < -0.39 is 0 Å². The number of carbonyl (C=O) groups is 1. The van der Waals surface area contributed by atoms with Gasteiger partial charge in [0.1, 0.15) is 11.4 Å². The molecule has 5 nitrogen and oxygen atoms in total. The van der Waals surface area contributed by atoms with E-state index in [0.29, 0.717) is 12.3 Å². The lowest BCUT2D eigenvalue weighted by Crippen LogP contribution is -2.20. The predicted octanol–water partition coefficient (Wildman–Crippen LogP) is 3.37. The van der Waals surface area contributed by atoms with E-state index in [4.69, 9.17) is 4.74 Å². The molecule has 0 radical (unpaired) electrons. The van der Waals surface area contributed by atoms with Crippen LogP contribution in [0.25, 0.3) is 11.3 Å². The Morgan fingerprint density at radius 3 is 2.78 bits per heavy atom. The first kappa shape index (κ1) is 14.0. The normalized spacial score (nSPS) is 16.2. The third kappa shape index (κ3) is 2.31. The molecule has 2 aromatic heterocycles. The van der Waals surface area contributed by atoms with Crippen LogP contribution in [0, 0.1) is 0 Å². The summed E-state index contributed by atoms with van der Waals surface area (Å²) in [6.45, 7) is 2.59. The van der Waals surface area contributed by atoms with E-state index in [-0.39, 0.29) is 11.9 Å². The molecule has 1 aromatic carbocycles. The highest BCUT2D eigenvalue weighted by Crippen LogP contribution is 2.38. The van der Waals surface area contributed by atoms with Crippen molar-refractivity contribution in [1.29, 1.82) is 0 Å². The summed E-state index contributed by atoms with van der Waals surface area (Å²) in [6.07, 6.45) is 0. The minimum Gasteiger partial charge on any atom is -0.494 e. The number of nitrogens with zero attached hydrogens (tertiary/aromatic N) is 1. The molecule has 0 unspecified atom stereocenters. The molecule has 4 rings (SSSR count). The fourth-order valence-corrected chi connectivity index (χ4v) is 3.63. The maximum atomic E-state index is 12.2. The molecule has 3 aromatic rings. The molecule has 1 amide bonds. The Morgan fingerprint density at radius 2 is 2.09 bits per heavy atom. The minimum atomic E-state index is -0.141. The lowest BCUT2D eigenvalue weighted by molar-refractivity contribution is 0.0956. The molecule has 116 valence electrons. The first-order chi connectivity index (χ1) is 11.3. The van der Waals surface area contributed by atoms with Gasteiger partial charge in [0.2, 0.25) is 0 Å². The molecule has 0 fully saturated rings. The van der Waals surface area contributed by atoms with Crippen LogP contribution in [-0.4, -0.2) is 22.7 Å². The van der Waals surface area contributed by atoms with E-state index in [1.165, 1.54) is 0 Å². The van der Waals surface area contributed by atoms with Gasteiger partial charge in [0.25, 0.3) is 5.91 Å². The van der Waals surface area contributed by atoms with E-state index in [2.05, 4.69) is 15.5 Å². The van der Waals surface area contributed by atoms with Crippen LogP contribution < -0.4 is 10.1 Å². The summed E-state index contributed by atoms with van der Waals surface area (Å²) in [7, 11) is 0. The standard InChI is InChI=1S/C17H15N3O2S/c1-2-22-11-7-5-10(6-8-11)14-13-15(12-4-3-9-23-12)18-17(21)16(13)20-19-14/h3-9,15H,2H2,1H3,(H,18,21)(H,19,20)/t15-/m1/s1. The fraction of sp³-hybridized carbons (Fsp3) is 0.176. The quantitative estimate of drug-likeness (QED) is 0.773. The number of benzene rings is 1. The average molecular weight is 325 g/mol. The lowest BCUT2D eigenvalue weighted by atomic mass is 10.0. The van der Waals surface area contributed by atoms with E-state index >= 15 is 0 Å². The van der Waals surface area contributed by atoms with Crippen LogP contribution in [0.2, 0.25) is 0 Å². The zero-order chi connectivity index (χ0) is 15.8. The van der Waals surface area contributed by atoms with Gasteiger partial charge in [-0.2, -0.15) is 5.10 Å². The number of thiophene rings is 1. The lowest BCUT2D eigenvalue weighted by Gasteiger charge is -2.11. The van der Waals surface area contributed by atoms with Gasteiger partial charge in [0.15, 0.2) is 0 Å². The van der Waals surface area contributed by atoms with Crippen molar-refractivity contribution in [1.82, 2.24) is 15.5 Å². The van der Waals surface area contributed by atoms with Crippen molar-refractivity contribution in [2.24, 2.45) is 0 Å². The van der Waals surface area contributed by atoms with Crippen LogP contribution >= 0.6 is 11.3 Å². The smallest absolute Gasteiger partial charge is 0.270 e. The van der Waals surface area contributed by atoms with Gasteiger partial charge in [-0.3, -0.25) is 9.89 Å². The molecule has 3 heterocycles. The molecule has 6 heteroatoms. The van der Waals surface area contributed by atoms with Gasteiger partial charge in [-0.15, -0.1) is 11.3 Å². The van der Waals surface area contributed by atoms with Crippen molar-refractivity contribution in [3.05, 3.63) is 57.9 Å². The van der Waals surface area contributed by atoms with Crippen LogP contribution in [0.1, 0.15) is 33.9 Å². The SMILES string of the molecule is CCOc1ccc(-c2n[nH]c3c2[C@@H](c2cccs2)NC3=O)cc1. The molecule has 1 atom stereocenters. The summed E-state index contributed by atoms with van der Waals surface area (Å²) < 4.78 is 5.47. The second kappa shape index (κ2) is 5.55. The number of nitrogens with one attached hydrogen (secondary N) is 2. The van der Waals surface area contributed by atoms with Crippen molar-refractivity contribution < 1.29 is 9.53 Å². The number of fused-ring (bicyclic) bond motifs is 1. The molecular weight excluding hydrogens is 310 g/mol. The van der Waals surface area contributed by atoms with E-state index in [1.807, 2.05) is 48.7 Å². The second-order valence-corrected chi connectivity index (χ2v) is 6.22. The molecule has 0 saturated heterocycles. The van der Waals surface area contributed by atoms with E-state index in [1.54, 1.807) is 11.3 Å². The Kier molecular flexibility index (Phi) is 3.38. The second-order valence-electron chi connectivity index (χ2n) is 5.24. The van der Waals surface area contributed by atoms with Crippen molar-refractivity contribution >= 4 is 17.2 Å². The van der Waals surface area contributed by atoms with Crippen LogP contribution in [0.5, 0.6) is 5.75 Å². The van der Waals surface area contributed by atoms with Gasteiger partial charge in [-0.1, -0.05) is 6.07 Å². The zero-order valence-corrected chi connectivity index (χ0v) is 13.3. The number of aromatic amines is 1. The van der Waals surface area contributed by atoms with Gasteiger partial charge in [0.05, 0.1) is 18.3 Å². The number of rotatable bonds is 4. The topological polar surface area (TPSA) is 67.0 Å². The summed E-state index contributed by atoms with van der Waals surface area (Å²) in [5.41, 5.74) is 3.23. The summed E-state index contributed by atoms with van der Waals surface area (Å²) in [5.74, 6) is 0.718. The maximum absolute atomic E-state index is 12.2. The summed E-state index contributed by atoms with van der Waals surface area (Å²) >= 11 is 1.63. The van der Waals surface area contributed by atoms with Crippen LogP contribution in [0.3, 0.4) is 0 Å². The Labute approximate surface area is 137 Å². The highest BCUT2D eigenvalue weighted by Gasteiger charge is 2.35. The summed E-state index contributed by atoms with van der Waals surface area (Å²) in [6, 6.07) is 11.7. The van der Waals surface area contributed by atoms with Crippen LogP contribution in [-0.2, 0) is 0 Å². The third-order valence-electron chi connectivity index (χ3n) is 3.86. The Balaban J connectivity index is 1.77. The minimum absolute atomic E-state index is 0.108. The molecule has 0 saturated carbocycles.